The van der Waals surface area contributed by atoms with Crippen molar-refractivity contribution >= 4 is 18.0 Å². The zero-order valence-corrected chi connectivity index (χ0v) is 8.83. The minimum Gasteiger partial charge on any atom is -0.396 e. The number of aldehydes is 1. The maximum Gasteiger partial charge on any atom is 0.152 e. The Morgan fingerprint density at radius 2 is 2.50 bits per heavy atom. The highest BCUT2D eigenvalue weighted by atomic mass is 32.2. The van der Waals surface area contributed by atoms with Gasteiger partial charge in [-0.3, -0.25) is 4.79 Å². The SMILES string of the molecule is CC(CO)CSc1ncccc1C=O. The standard InChI is InChI=1S/C10H13NO2S/c1-8(5-12)7-14-10-9(6-13)3-2-4-11-10/h2-4,6,8,12H,5,7H2,1H3. The van der Waals surface area contributed by atoms with Crippen LogP contribution in [0.25, 0.3) is 0 Å². The number of carbonyl (C=O) groups excluding carboxylic acids is 1. The smallest absolute Gasteiger partial charge is 0.152 e. The van der Waals surface area contributed by atoms with E-state index in [0.29, 0.717) is 5.56 Å². The Bertz CT molecular complexity index is 304. The number of thioether (sulfide) groups is 1. The molecule has 3 nitrogen and oxygen atoms in total. The summed E-state index contributed by atoms with van der Waals surface area (Å²) in [7, 11) is 0. The molecular formula is C10H13NO2S. The van der Waals surface area contributed by atoms with Gasteiger partial charge in [0.1, 0.15) is 5.03 Å². The predicted molar refractivity (Wildman–Crippen MR) is 56.6 cm³/mol. The Balaban J connectivity index is 2.61. The van der Waals surface area contributed by atoms with Crippen molar-refractivity contribution in [2.45, 2.75) is 11.9 Å². The molecule has 0 bridgehead atoms. The number of hydrogen-bond acceptors (Lipinski definition) is 4. The molecule has 1 aromatic rings. The summed E-state index contributed by atoms with van der Waals surface area (Å²) in [6.45, 7) is 2.12. The first-order chi connectivity index (χ1) is 6.77. The molecule has 0 aliphatic heterocycles. The van der Waals surface area contributed by atoms with Crippen LogP contribution in [0.5, 0.6) is 0 Å². The predicted octanol–water partition coefficient (Wildman–Crippen LogP) is 1.61. The molecule has 0 saturated carbocycles. The summed E-state index contributed by atoms with van der Waals surface area (Å²) in [4.78, 5) is 14.7. The van der Waals surface area contributed by atoms with Gasteiger partial charge in [0.2, 0.25) is 0 Å². The van der Waals surface area contributed by atoms with Gasteiger partial charge in [0, 0.05) is 24.1 Å². The fourth-order valence-corrected chi connectivity index (χ4v) is 1.85. The van der Waals surface area contributed by atoms with Gasteiger partial charge in [-0.05, 0) is 18.1 Å². The van der Waals surface area contributed by atoms with Crippen LogP contribution in [0, 0.1) is 5.92 Å². The molecule has 1 N–H and O–H groups in total. The van der Waals surface area contributed by atoms with E-state index in [9.17, 15) is 4.79 Å². The molecule has 0 radical (unpaired) electrons. The van der Waals surface area contributed by atoms with Crippen molar-refractivity contribution in [3.05, 3.63) is 23.9 Å². The topological polar surface area (TPSA) is 50.2 Å². The third-order valence-electron chi connectivity index (χ3n) is 1.74. The quantitative estimate of drug-likeness (QED) is 0.594. The monoisotopic (exact) mass is 211 g/mol. The van der Waals surface area contributed by atoms with E-state index >= 15 is 0 Å². The van der Waals surface area contributed by atoms with Crippen LogP contribution in [0.3, 0.4) is 0 Å². The molecule has 1 atom stereocenters. The number of aromatic nitrogens is 1. The van der Waals surface area contributed by atoms with Crippen LogP contribution in [0.1, 0.15) is 17.3 Å². The number of nitrogens with zero attached hydrogens (tertiary/aromatic N) is 1. The van der Waals surface area contributed by atoms with Crippen molar-refractivity contribution in [3.63, 3.8) is 0 Å². The lowest BCUT2D eigenvalue weighted by Gasteiger charge is -2.07. The number of pyridine rings is 1. The fraction of sp³-hybridized carbons (Fsp3) is 0.400. The second-order valence-electron chi connectivity index (χ2n) is 3.11. The first-order valence-corrected chi connectivity index (χ1v) is 5.40. The lowest BCUT2D eigenvalue weighted by Crippen LogP contribution is -2.04. The highest BCUT2D eigenvalue weighted by Gasteiger charge is 2.05. The molecule has 0 aliphatic rings. The van der Waals surface area contributed by atoms with Gasteiger partial charge in [-0.1, -0.05) is 6.92 Å². The van der Waals surface area contributed by atoms with E-state index in [1.807, 2.05) is 6.92 Å². The van der Waals surface area contributed by atoms with E-state index in [0.717, 1.165) is 17.1 Å². The molecule has 0 aromatic carbocycles. The number of carbonyl (C=O) groups is 1. The maximum absolute atomic E-state index is 10.6. The zero-order chi connectivity index (χ0) is 10.4. The Morgan fingerprint density at radius 3 is 3.14 bits per heavy atom. The van der Waals surface area contributed by atoms with E-state index in [2.05, 4.69) is 4.98 Å². The Kier molecular flexibility index (Phi) is 4.62. The summed E-state index contributed by atoms with van der Waals surface area (Å²) in [6.07, 6.45) is 2.47. The Morgan fingerprint density at radius 1 is 1.71 bits per heavy atom. The minimum absolute atomic E-state index is 0.163. The second-order valence-corrected chi connectivity index (χ2v) is 4.12. The number of aliphatic hydroxyl groups excluding tert-OH is 1. The van der Waals surface area contributed by atoms with E-state index < -0.39 is 0 Å². The van der Waals surface area contributed by atoms with E-state index in [1.54, 1.807) is 18.3 Å². The van der Waals surface area contributed by atoms with Crippen LogP contribution in [-0.2, 0) is 0 Å². The molecule has 0 amide bonds. The van der Waals surface area contributed by atoms with Crippen molar-refractivity contribution in [2.24, 2.45) is 5.92 Å². The van der Waals surface area contributed by atoms with Crippen LogP contribution < -0.4 is 0 Å². The molecule has 0 spiro atoms. The lowest BCUT2D eigenvalue weighted by molar-refractivity contribution is 0.112. The van der Waals surface area contributed by atoms with Gasteiger partial charge in [0.05, 0.1) is 0 Å². The number of aliphatic hydroxyl groups is 1. The van der Waals surface area contributed by atoms with Crippen molar-refractivity contribution in [1.82, 2.24) is 4.98 Å². The molecule has 0 aliphatic carbocycles. The van der Waals surface area contributed by atoms with Gasteiger partial charge in [-0.2, -0.15) is 0 Å². The summed E-state index contributed by atoms with van der Waals surface area (Å²) < 4.78 is 0. The van der Waals surface area contributed by atoms with Crippen LogP contribution in [0.15, 0.2) is 23.4 Å². The first-order valence-electron chi connectivity index (χ1n) is 4.41. The van der Waals surface area contributed by atoms with Crippen LogP contribution in [0.2, 0.25) is 0 Å². The maximum atomic E-state index is 10.6. The lowest BCUT2D eigenvalue weighted by atomic mass is 10.2. The average molecular weight is 211 g/mol. The zero-order valence-electron chi connectivity index (χ0n) is 8.01. The molecule has 0 fully saturated rings. The third-order valence-corrected chi connectivity index (χ3v) is 3.09. The summed E-state index contributed by atoms with van der Waals surface area (Å²) in [5, 5.41) is 9.57. The van der Waals surface area contributed by atoms with Crippen molar-refractivity contribution < 1.29 is 9.90 Å². The Hall–Kier alpha value is -0.870. The van der Waals surface area contributed by atoms with Gasteiger partial charge in [0.25, 0.3) is 0 Å². The highest BCUT2D eigenvalue weighted by Crippen LogP contribution is 2.20. The van der Waals surface area contributed by atoms with Gasteiger partial charge in [-0.25, -0.2) is 4.98 Å². The van der Waals surface area contributed by atoms with E-state index in [1.165, 1.54) is 11.8 Å². The van der Waals surface area contributed by atoms with Crippen LogP contribution >= 0.6 is 11.8 Å². The van der Waals surface area contributed by atoms with Crippen LogP contribution in [0.4, 0.5) is 0 Å². The second kappa shape index (κ2) is 5.78. The van der Waals surface area contributed by atoms with Crippen molar-refractivity contribution in [1.29, 1.82) is 0 Å². The molecule has 0 saturated heterocycles. The summed E-state index contributed by atoms with van der Waals surface area (Å²) >= 11 is 1.50. The van der Waals surface area contributed by atoms with Crippen LogP contribution in [-0.4, -0.2) is 28.7 Å². The molecule has 1 heterocycles. The molecular weight excluding hydrogens is 198 g/mol. The fourth-order valence-electron chi connectivity index (χ4n) is 0.887. The largest absolute Gasteiger partial charge is 0.396 e. The molecule has 14 heavy (non-hydrogen) atoms. The third kappa shape index (κ3) is 3.12. The summed E-state index contributed by atoms with van der Waals surface area (Å²) in [5.74, 6) is 0.996. The van der Waals surface area contributed by atoms with Crippen molar-refractivity contribution in [2.75, 3.05) is 12.4 Å². The first kappa shape index (κ1) is 11.2. The van der Waals surface area contributed by atoms with Gasteiger partial charge >= 0.3 is 0 Å². The Labute approximate surface area is 87.6 Å². The average Bonchev–Trinajstić information content (AvgIpc) is 2.26. The number of rotatable bonds is 5. The van der Waals surface area contributed by atoms with E-state index in [4.69, 9.17) is 5.11 Å². The number of hydrogen-bond donors (Lipinski definition) is 1. The van der Waals surface area contributed by atoms with Gasteiger partial charge < -0.3 is 5.11 Å². The minimum atomic E-state index is 0.163. The molecule has 76 valence electrons. The molecule has 1 unspecified atom stereocenters. The molecule has 4 heteroatoms. The van der Waals surface area contributed by atoms with E-state index in [-0.39, 0.29) is 12.5 Å². The highest BCUT2D eigenvalue weighted by molar-refractivity contribution is 7.99. The molecule has 1 aromatic heterocycles. The summed E-state index contributed by atoms with van der Waals surface area (Å²) in [5.41, 5.74) is 0.614. The van der Waals surface area contributed by atoms with Gasteiger partial charge in [-0.15, -0.1) is 11.8 Å². The van der Waals surface area contributed by atoms with Crippen molar-refractivity contribution in [3.8, 4) is 0 Å². The normalized spacial score (nSPS) is 12.4. The van der Waals surface area contributed by atoms with Gasteiger partial charge in [0.15, 0.2) is 6.29 Å². The molecule has 1 rings (SSSR count). The summed E-state index contributed by atoms with van der Waals surface area (Å²) in [6, 6.07) is 3.48.